The summed E-state index contributed by atoms with van der Waals surface area (Å²) in [5.41, 5.74) is 3.83. The van der Waals surface area contributed by atoms with Gasteiger partial charge in [0.2, 0.25) is 5.91 Å². The fourth-order valence-electron chi connectivity index (χ4n) is 6.10. The van der Waals surface area contributed by atoms with E-state index in [1.54, 1.807) is 0 Å². The molecular formula is C40H48NO9P. The highest BCUT2D eigenvalue weighted by Crippen LogP contribution is 2.56. The standard InChI is InChI=1S/C40H48NO9P/c1-30(42)41-38-35(47-26-32-18-10-5-11-19-32)24-37(51(43,44-2)45-3)50-40(38)39(49-28-34-22-14-7-15-23-34)36(48-27-33-20-12-6-13-21-33)29-46-25-31-16-8-4-9-17-31/h4-23,35-40H,24-29H2,1-3H3,(H,41,42)/t35-,36+,37-,38+,39+,40+/m0/s1. The molecule has 5 rings (SSSR count). The molecule has 1 fully saturated rings. The van der Waals surface area contributed by atoms with Crippen LogP contribution in [0.2, 0.25) is 0 Å². The van der Waals surface area contributed by atoms with Gasteiger partial charge in [0.15, 0.2) is 5.85 Å². The van der Waals surface area contributed by atoms with E-state index in [9.17, 15) is 9.36 Å². The fraction of sp³-hybridized carbons (Fsp3) is 0.375. The third-order valence-electron chi connectivity index (χ3n) is 8.72. The molecule has 11 heteroatoms. The topological polar surface area (TPSA) is 111 Å². The molecule has 1 amide bonds. The number of ether oxygens (including phenoxy) is 5. The summed E-state index contributed by atoms with van der Waals surface area (Å²) in [4.78, 5) is 12.9. The minimum Gasteiger partial charge on any atom is -0.374 e. The fourth-order valence-corrected chi connectivity index (χ4v) is 7.47. The first-order valence-electron chi connectivity index (χ1n) is 17.1. The van der Waals surface area contributed by atoms with Crippen LogP contribution < -0.4 is 5.32 Å². The van der Waals surface area contributed by atoms with Crippen LogP contribution in [0.15, 0.2) is 121 Å². The van der Waals surface area contributed by atoms with Gasteiger partial charge in [0.05, 0.1) is 45.2 Å². The lowest BCUT2D eigenvalue weighted by Gasteiger charge is -2.46. The van der Waals surface area contributed by atoms with Gasteiger partial charge in [-0.15, -0.1) is 0 Å². The molecule has 0 bridgehead atoms. The highest BCUT2D eigenvalue weighted by atomic mass is 31.2. The second-order valence-electron chi connectivity index (χ2n) is 12.4. The Morgan fingerprint density at radius 3 is 1.69 bits per heavy atom. The van der Waals surface area contributed by atoms with Gasteiger partial charge >= 0.3 is 7.60 Å². The van der Waals surface area contributed by atoms with Gasteiger partial charge in [0.25, 0.3) is 0 Å². The quantitative estimate of drug-likeness (QED) is 0.102. The Morgan fingerprint density at radius 1 is 0.725 bits per heavy atom. The lowest BCUT2D eigenvalue weighted by Crippen LogP contribution is -2.63. The van der Waals surface area contributed by atoms with Crippen LogP contribution in [0.3, 0.4) is 0 Å². The van der Waals surface area contributed by atoms with Gasteiger partial charge in [0, 0.05) is 27.6 Å². The Bertz CT molecular complexity index is 1620. The maximum atomic E-state index is 14.0. The third-order valence-corrected chi connectivity index (χ3v) is 10.8. The predicted octanol–water partition coefficient (Wildman–Crippen LogP) is 7.07. The molecule has 1 N–H and O–H groups in total. The number of carbonyl (C=O) groups is 1. The van der Waals surface area contributed by atoms with Crippen LogP contribution in [-0.2, 0) is 68.5 Å². The maximum absolute atomic E-state index is 14.0. The van der Waals surface area contributed by atoms with E-state index in [0.29, 0.717) is 6.61 Å². The Kier molecular flexibility index (Phi) is 14.9. The molecule has 0 aromatic heterocycles. The molecule has 0 unspecified atom stereocenters. The summed E-state index contributed by atoms with van der Waals surface area (Å²) in [6.45, 7) is 2.61. The summed E-state index contributed by atoms with van der Waals surface area (Å²) in [6, 6.07) is 38.4. The first kappa shape index (κ1) is 38.5. The van der Waals surface area contributed by atoms with E-state index in [1.807, 2.05) is 121 Å². The van der Waals surface area contributed by atoms with Crippen molar-refractivity contribution >= 4 is 13.5 Å². The van der Waals surface area contributed by atoms with E-state index in [2.05, 4.69) is 5.32 Å². The summed E-state index contributed by atoms with van der Waals surface area (Å²) in [5, 5.41) is 3.08. The SMILES string of the molecule is COP(=O)(OC)[C@H]1C[C@H](OCc2ccccc2)[C@@H](NC(C)=O)[C@H]([C@H](OCc2ccccc2)[C@@H](COCc2ccccc2)OCc2ccccc2)O1. The average Bonchev–Trinajstić information content (AvgIpc) is 3.17. The molecule has 6 atom stereocenters. The van der Waals surface area contributed by atoms with E-state index in [1.165, 1.54) is 21.1 Å². The Morgan fingerprint density at radius 2 is 1.20 bits per heavy atom. The zero-order valence-corrected chi connectivity index (χ0v) is 30.3. The van der Waals surface area contributed by atoms with Crippen LogP contribution in [0.25, 0.3) is 0 Å². The highest BCUT2D eigenvalue weighted by Gasteiger charge is 2.52. The molecule has 1 heterocycles. The molecular weight excluding hydrogens is 669 g/mol. The molecule has 1 saturated heterocycles. The van der Waals surface area contributed by atoms with Crippen molar-refractivity contribution in [3.8, 4) is 0 Å². The lowest BCUT2D eigenvalue weighted by molar-refractivity contribution is -0.208. The van der Waals surface area contributed by atoms with Crippen LogP contribution in [-0.4, -0.2) is 63.0 Å². The second kappa shape index (κ2) is 19.8. The van der Waals surface area contributed by atoms with E-state index in [4.69, 9.17) is 32.7 Å². The summed E-state index contributed by atoms with van der Waals surface area (Å²) in [6.07, 6.45) is -3.04. The molecule has 1 aliphatic heterocycles. The number of hydrogen-bond acceptors (Lipinski definition) is 9. The van der Waals surface area contributed by atoms with Crippen LogP contribution >= 0.6 is 7.60 Å². The summed E-state index contributed by atoms with van der Waals surface area (Å²) in [7, 11) is -1.14. The third kappa shape index (κ3) is 11.4. The first-order chi connectivity index (χ1) is 24.9. The smallest absolute Gasteiger partial charge is 0.358 e. The molecule has 51 heavy (non-hydrogen) atoms. The Balaban J connectivity index is 1.53. The number of rotatable bonds is 19. The number of benzene rings is 4. The predicted molar refractivity (Wildman–Crippen MR) is 194 cm³/mol. The van der Waals surface area contributed by atoms with E-state index < -0.39 is 43.9 Å². The molecule has 10 nitrogen and oxygen atoms in total. The number of carbonyl (C=O) groups excluding carboxylic acids is 1. The molecule has 272 valence electrons. The number of amides is 1. The van der Waals surface area contributed by atoms with Crippen molar-refractivity contribution < 1.29 is 42.1 Å². The zero-order chi connectivity index (χ0) is 35.9. The van der Waals surface area contributed by atoms with Crippen molar-refractivity contribution in [2.75, 3.05) is 20.8 Å². The van der Waals surface area contributed by atoms with E-state index in [-0.39, 0.29) is 38.8 Å². The van der Waals surface area contributed by atoms with Gasteiger partial charge in [0.1, 0.15) is 18.3 Å². The van der Waals surface area contributed by atoms with Crippen LogP contribution in [0.5, 0.6) is 0 Å². The molecule has 4 aromatic rings. The molecule has 4 aromatic carbocycles. The molecule has 0 saturated carbocycles. The zero-order valence-electron chi connectivity index (χ0n) is 29.4. The number of nitrogens with one attached hydrogen (secondary N) is 1. The van der Waals surface area contributed by atoms with Crippen molar-refractivity contribution in [2.45, 2.75) is 76.1 Å². The van der Waals surface area contributed by atoms with Gasteiger partial charge in [-0.25, -0.2) is 0 Å². The second-order valence-corrected chi connectivity index (χ2v) is 14.7. The van der Waals surface area contributed by atoms with Crippen LogP contribution in [0, 0.1) is 0 Å². The summed E-state index contributed by atoms with van der Waals surface area (Å²) >= 11 is 0. The van der Waals surface area contributed by atoms with Gasteiger partial charge in [-0.3, -0.25) is 9.36 Å². The molecule has 0 spiro atoms. The van der Waals surface area contributed by atoms with E-state index >= 15 is 0 Å². The van der Waals surface area contributed by atoms with Gasteiger partial charge < -0.3 is 38.0 Å². The Hall–Kier alpha value is -3.70. The number of hydrogen-bond donors (Lipinski definition) is 1. The Labute approximate surface area is 300 Å². The average molecular weight is 718 g/mol. The van der Waals surface area contributed by atoms with Gasteiger partial charge in [-0.1, -0.05) is 121 Å². The molecule has 0 radical (unpaired) electrons. The van der Waals surface area contributed by atoms with Gasteiger partial charge in [-0.05, 0) is 22.3 Å². The maximum Gasteiger partial charge on any atom is 0.358 e. The van der Waals surface area contributed by atoms with E-state index in [0.717, 1.165) is 22.3 Å². The molecule has 1 aliphatic rings. The van der Waals surface area contributed by atoms with Gasteiger partial charge in [-0.2, -0.15) is 0 Å². The largest absolute Gasteiger partial charge is 0.374 e. The monoisotopic (exact) mass is 717 g/mol. The minimum absolute atomic E-state index is 0.124. The van der Waals surface area contributed by atoms with Crippen LogP contribution in [0.1, 0.15) is 35.6 Å². The summed E-state index contributed by atoms with van der Waals surface area (Å²) in [5.74, 6) is -1.32. The first-order valence-corrected chi connectivity index (χ1v) is 18.7. The van der Waals surface area contributed by atoms with Crippen molar-refractivity contribution in [3.05, 3.63) is 144 Å². The van der Waals surface area contributed by atoms with Crippen molar-refractivity contribution in [1.82, 2.24) is 5.32 Å². The summed E-state index contributed by atoms with van der Waals surface area (Å²) < 4.78 is 57.9. The lowest BCUT2D eigenvalue weighted by atomic mass is 9.92. The minimum atomic E-state index is -3.80. The molecule has 0 aliphatic carbocycles. The van der Waals surface area contributed by atoms with Crippen LogP contribution in [0.4, 0.5) is 0 Å². The normalized spacial score (nSPS) is 20.4. The highest BCUT2D eigenvalue weighted by molar-refractivity contribution is 7.54. The van der Waals surface area contributed by atoms with Crippen molar-refractivity contribution in [1.29, 1.82) is 0 Å². The van der Waals surface area contributed by atoms with Crippen molar-refractivity contribution in [3.63, 3.8) is 0 Å². The van der Waals surface area contributed by atoms with Crippen molar-refractivity contribution in [2.24, 2.45) is 0 Å².